The first-order chi connectivity index (χ1) is 5.65. The smallest absolute Gasteiger partial charge is 0.0464 e. The summed E-state index contributed by atoms with van der Waals surface area (Å²) in [7, 11) is 2.16. The summed E-state index contributed by atoms with van der Waals surface area (Å²) >= 11 is 0. The Bertz CT molecular complexity index is 136. The fourth-order valence-electron chi connectivity index (χ4n) is 2.22. The number of aliphatic hydroxyl groups is 1. The fourth-order valence-corrected chi connectivity index (χ4v) is 2.22. The van der Waals surface area contributed by atoms with E-state index < -0.39 is 0 Å². The molecular formula is C10H21NO. The van der Waals surface area contributed by atoms with E-state index in [1.165, 1.54) is 19.5 Å². The first kappa shape index (κ1) is 10.0. The Labute approximate surface area is 75.6 Å². The average Bonchev–Trinajstić information content (AvgIpc) is 2.37. The lowest BCUT2D eigenvalue weighted by molar-refractivity contribution is 0.137. The predicted octanol–water partition coefficient (Wildman–Crippen LogP) is 1.20. The molecule has 0 amide bonds. The normalized spacial score (nSPS) is 28.2. The van der Waals surface area contributed by atoms with Crippen molar-refractivity contribution in [2.75, 3.05) is 26.7 Å². The lowest BCUT2D eigenvalue weighted by Crippen LogP contribution is -2.26. The van der Waals surface area contributed by atoms with Gasteiger partial charge in [-0.1, -0.05) is 13.8 Å². The second-order valence-corrected chi connectivity index (χ2v) is 4.40. The summed E-state index contributed by atoms with van der Waals surface area (Å²) in [6.07, 6.45) is 1.26. The van der Waals surface area contributed by atoms with E-state index >= 15 is 0 Å². The first-order valence-corrected chi connectivity index (χ1v) is 4.94. The van der Waals surface area contributed by atoms with Crippen LogP contribution in [0.2, 0.25) is 0 Å². The van der Waals surface area contributed by atoms with Crippen LogP contribution in [0.4, 0.5) is 0 Å². The summed E-state index contributed by atoms with van der Waals surface area (Å²) in [4.78, 5) is 2.36. The van der Waals surface area contributed by atoms with Gasteiger partial charge in [-0.15, -0.1) is 0 Å². The molecule has 1 saturated heterocycles. The van der Waals surface area contributed by atoms with Crippen LogP contribution in [0.25, 0.3) is 0 Å². The Morgan fingerprint density at radius 3 is 2.50 bits per heavy atom. The van der Waals surface area contributed by atoms with Gasteiger partial charge in [-0.3, -0.25) is 0 Å². The molecule has 0 aromatic rings. The van der Waals surface area contributed by atoms with Gasteiger partial charge >= 0.3 is 0 Å². The average molecular weight is 171 g/mol. The lowest BCUT2D eigenvalue weighted by Gasteiger charge is -2.24. The van der Waals surface area contributed by atoms with Gasteiger partial charge in [0.1, 0.15) is 0 Å². The number of rotatable bonds is 3. The van der Waals surface area contributed by atoms with Gasteiger partial charge in [0.25, 0.3) is 0 Å². The highest BCUT2D eigenvalue weighted by Crippen LogP contribution is 2.28. The molecule has 0 bridgehead atoms. The molecular weight excluding hydrogens is 150 g/mol. The second kappa shape index (κ2) is 4.24. The molecule has 1 fully saturated rings. The van der Waals surface area contributed by atoms with Crippen LogP contribution in [0.1, 0.15) is 20.3 Å². The molecule has 0 aliphatic carbocycles. The largest absolute Gasteiger partial charge is 0.396 e. The maximum absolute atomic E-state index is 9.22. The van der Waals surface area contributed by atoms with Crippen molar-refractivity contribution in [2.24, 2.45) is 17.8 Å². The van der Waals surface area contributed by atoms with Gasteiger partial charge in [-0.2, -0.15) is 0 Å². The SMILES string of the molecule is CC(C)C(CO)C1CCN(C)C1. The molecule has 0 aromatic carbocycles. The van der Waals surface area contributed by atoms with Gasteiger partial charge in [0.2, 0.25) is 0 Å². The first-order valence-electron chi connectivity index (χ1n) is 4.94. The Hall–Kier alpha value is -0.0800. The van der Waals surface area contributed by atoms with E-state index in [0.29, 0.717) is 18.4 Å². The number of nitrogens with zero attached hydrogens (tertiary/aromatic N) is 1. The van der Waals surface area contributed by atoms with Crippen molar-refractivity contribution in [2.45, 2.75) is 20.3 Å². The van der Waals surface area contributed by atoms with Crippen molar-refractivity contribution in [3.63, 3.8) is 0 Å². The van der Waals surface area contributed by atoms with E-state index in [9.17, 15) is 5.11 Å². The number of hydrogen-bond donors (Lipinski definition) is 1. The fraction of sp³-hybridized carbons (Fsp3) is 1.00. The minimum atomic E-state index is 0.357. The maximum atomic E-state index is 9.22. The molecule has 1 aliphatic heterocycles. The Balaban J connectivity index is 2.44. The van der Waals surface area contributed by atoms with Crippen LogP contribution < -0.4 is 0 Å². The molecule has 12 heavy (non-hydrogen) atoms. The molecule has 2 unspecified atom stereocenters. The van der Waals surface area contributed by atoms with Crippen LogP contribution in [-0.2, 0) is 0 Å². The van der Waals surface area contributed by atoms with Crippen LogP contribution in [-0.4, -0.2) is 36.8 Å². The molecule has 1 N–H and O–H groups in total. The molecule has 72 valence electrons. The topological polar surface area (TPSA) is 23.5 Å². The van der Waals surface area contributed by atoms with Gasteiger partial charge in [0.15, 0.2) is 0 Å². The molecule has 1 aliphatic rings. The third-order valence-electron chi connectivity index (χ3n) is 3.10. The molecule has 0 aromatic heterocycles. The molecule has 1 heterocycles. The van der Waals surface area contributed by atoms with E-state index in [0.717, 1.165) is 5.92 Å². The summed E-state index contributed by atoms with van der Waals surface area (Å²) in [5.74, 6) is 1.85. The minimum absolute atomic E-state index is 0.357. The Kier molecular flexibility index (Phi) is 3.53. The van der Waals surface area contributed by atoms with E-state index in [1.807, 2.05) is 0 Å². The van der Waals surface area contributed by atoms with Crippen molar-refractivity contribution < 1.29 is 5.11 Å². The number of likely N-dealkylation sites (tertiary alicyclic amines) is 1. The highest BCUT2D eigenvalue weighted by atomic mass is 16.3. The van der Waals surface area contributed by atoms with Gasteiger partial charge in [-0.25, -0.2) is 0 Å². The van der Waals surface area contributed by atoms with E-state index in [4.69, 9.17) is 0 Å². The lowest BCUT2D eigenvalue weighted by atomic mass is 9.83. The van der Waals surface area contributed by atoms with Crippen molar-refractivity contribution >= 4 is 0 Å². The molecule has 0 radical (unpaired) electrons. The summed E-state index contributed by atoms with van der Waals surface area (Å²) in [5, 5.41) is 9.22. The number of aliphatic hydroxyl groups excluding tert-OH is 1. The van der Waals surface area contributed by atoms with Crippen LogP contribution in [0.5, 0.6) is 0 Å². The Morgan fingerprint density at radius 2 is 2.17 bits per heavy atom. The molecule has 1 rings (SSSR count). The monoisotopic (exact) mass is 171 g/mol. The summed E-state index contributed by atoms with van der Waals surface area (Å²) in [5.41, 5.74) is 0. The summed E-state index contributed by atoms with van der Waals surface area (Å²) in [6.45, 7) is 7.14. The van der Waals surface area contributed by atoms with Crippen LogP contribution in [0.3, 0.4) is 0 Å². The summed E-state index contributed by atoms with van der Waals surface area (Å²) < 4.78 is 0. The van der Waals surface area contributed by atoms with E-state index in [1.54, 1.807) is 0 Å². The molecule has 0 spiro atoms. The zero-order chi connectivity index (χ0) is 9.14. The zero-order valence-electron chi connectivity index (χ0n) is 8.45. The standard InChI is InChI=1S/C10H21NO/c1-8(2)10(7-12)9-4-5-11(3)6-9/h8-10,12H,4-7H2,1-3H3. The van der Waals surface area contributed by atoms with Gasteiger partial charge < -0.3 is 10.0 Å². The van der Waals surface area contributed by atoms with Crippen LogP contribution in [0, 0.1) is 17.8 Å². The molecule has 0 saturated carbocycles. The third kappa shape index (κ3) is 2.20. The molecule has 2 nitrogen and oxygen atoms in total. The second-order valence-electron chi connectivity index (χ2n) is 4.40. The van der Waals surface area contributed by atoms with Crippen LogP contribution in [0.15, 0.2) is 0 Å². The predicted molar refractivity (Wildman–Crippen MR) is 51.0 cm³/mol. The minimum Gasteiger partial charge on any atom is -0.396 e. The third-order valence-corrected chi connectivity index (χ3v) is 3.10. The van der Waals surface area contributed by atoms with E-state index in [2.05, 4.69) is 25.8 Å². The van der Waals surface area contributed by atoms with Crippen molar-refractivity contribution in [3.8, 4) is 0 Å². The van der Waals surface area contributed by atoms with Crippen molar-refractivity contribution in [3.05, 3.63) is 0 Å². The van der Waals surface area contributed by atoms with Crippen molar-refractivity contribution in [1.82, 2.24) is 4.90 Å². The van der Waals surface area contributed by atoms with Crippen LogP contribution >= 0.6 is 0 Å². The molecule has 2 atom stereocenters. The highest BCUT2D eigenvalue weighted by molar-refractivity contribution is 4.80. The summed E-state index contributed by atoms with van der Waals surface area (Å²) in [6, 6.07) is 0. The highest BCUT2D eigenvalue weighted by Gasteiger charge is 2.28. The van der Waals surface area contributed by atoms with Gasteiger partial charge in [0.05, 0.1) is 0 Å². The van der Waals surface area contributed by atoms with Crippen molar-refractivity contribution in [1.29, 1.82) is 0 Å². The Morgan fingerprint density at radius 1 is 1.50 bits per heavy atom. The maximum Gasteiger partial charge on any atom is 0.0464 e. The zero-order valence-corrected chi connectivity index (χ0v) is 8.45. The number of hydrogen-bond acceptors (Lipinski definition) is 2. The molecule has 2 heteroatoms. The van der Waals surface area contributed by atoms with E-state index in [-0.39, 0.29) is 0 Å². The quantitative estimate of drug-likeness (QED) is 0.690. The van der Waals surface area contributed by atoms with Gasteiger partial charge in [0, 0.05) is 13.2 Å². The van der Waals surface area contributed by atoms with Gasteiger partial charge in [-0.05, 0) is 37.8 Å².